The van der Waals surface area contributed by atoms with Crippen LogP contribution in [0.1, 0.15) is 11.1 Å². The number of nitrogens with one attached hydrogen (secondary N) is 1. The van der Waals surface area contributed by atoms with Gasteiger partial charge in [-0.1, -0.05) is 23.7 Å². The van der Waals surface area contributed by atoms with Gasteiger partial charge < -0.3 is 10.2 Å². The van der Waals surface area contributed by atoms with Crippen LogP contribution in [-0.2, 0) is 11.0 Å². The zero-order chi connectivity index (χ0) is 21.0. The lowest BCUT2D eigenvalue weighted by atomic mass is 10.1. The number of hydrogen-bond donors (Lipinski definition) is 1. The van der Waals surface area contributed by atoms with Crippen molar-refractivity contribution in [2.24, 2.45) is 0 Å². The van der Waals surface area contributed by atoms with Crippen LogP contribution in [0.4, 0.5) is 24.5 Å². The van der Waals surface area contributed by atoms with Crippen LogP contribution in [0.3, 0.4) is 0 Å². The molecule has 0 aromatic heterocycles. The Bertz CT molecular complexity index is 934. The maximum atomic E-state index is 13.2. The zero-order valence-corrected chi connectivity index (χ0v) is 16.1. The molecule has 0 aliphatic carbocycles. The summed E-state index contributed by atoms with van der Waals surface area (Å²) in [6.07, 6.45) is -4.58. The van der Waals surface area contributed by atoms with Crippen molar-refractivity contribution < 1.29 is 18.0 Å². The molecule has 9 heteroatoms. The van der Waals surface area contributed by atoms with Crippen molar-refractivity contribution >= 4 is 28.9 Å². The lowest BCUT2D eigenvalue weighted by molar-refractivity contribution is -0.137. The number of nitriles is 1. The van der Waals surface area contributed by atoms with E-state index in [2.05, 4.69) is 5.32 Å². The first-order chi connectivity index (χ1) is 13.8. The predicted molar refractivity (Wildman–Crippen MR) is 105 cm³/mol. The molecule has 3 rings (SSSR count). The minimum Gasteiger partial charge on any atom is -0.369 e. The van der Waals surface area contributed by atoms with Crippen molar-refractivity contribution in [2.45, 2.75) is 6.18 Å². The molecule has 1 fully saturated rings. The van der Waals surface area contributed by atoms with Crippen LogP contribution in [-0.4, -0.2) is 43.5 Å². The maximum absolute atomic E-state index is 13.2. The Morgan fingerprint density at radius 3 is 2.45 bits per heavy atom. The van der Waals surface area contributed by atoms with Gasteiger partial charge in [-0.3, -0.25) is 9.69 Å². The monoisotopic (exact) mass is 422 g/mol. The van der Waals surface area contributed by atoms with Crippen LogP contribution in [0.2, 0.25) is 5.02 Å². The van der Waals surface area contributed by atoms with Crippen molar-refractivity contribution in [3.8, 4) is 6.07 Å². The van der Waals surface area contributed by atoms with Crippen molar-refractivity contribution in [1.29, 1.82) is 5.26 Å². The van der Waals surface area contributed by atoms with E-state index in [1.165, 1.54) is 12.1 Å². The van der Waals surface area contributed by atoms with Crippen molar-refractivity contribution in [1.82, 2.24) is 4.90 Å². The van der Waals surface area contributed by atoms with E-state index in [4.69, 9.17) is 16.9 Å². The molecule has 1 aliphatic heterocycles. The minimum atomic E-state index is -4.58. The third-order valence-corrected chi connectivity index (χ3v) is 5.01. The molecular formula is C20H18ClF3N4O. The van der Waals surface area contributed by atoms with Crippen LogP contribution in [0.5, 0.6) is 0 Å². The van der Waals surface area contributed by atoms with Gasteiger partial charge in [0, 0.05) is 31.9 Å². The fourth-order valence-corrected chi connectivity index (χ4v) is 3.36. The number of benzene rings is 2. The molecule has 1 heterocycles. The molecule has 0 radical (unpaired) electrons. The Morgan fingerprint density at radius 2 is 1.83 bits per heavy atom. The highest BCUT2D eigenvalue weighted by molar-refractivity contribution is 6.33. The summed E-state index contributed by atoms with van der Waals surface area (Å²) >= 11 is 6.03. The van der Waals surface area contributed by atoms with E-state index in [0.717, 1.165) is 6.07 Å². The largest absolute Gasteiger partial charge is 0.417 e. The molecule has 1 saturated heterocycles. The third-order valence-electron chi connectivity index (χ3n) is 4.68. The number of anilines is 2. The van der Waals surface area contributed by atoms with Gasteiger partial charge in [-0.25, -0.2) is 0 Å². The van der Waals surface area contributed by atoms with E-state index >= 15 is 0 Å². The molecule has 0 spiro atoms. The summed E-state index contributed by atoms with van der Waals surface area (Å²) in [6.45, 7) is 2.17. The number of hydrogen-bond acceptors (Lipinski definition) is 4. The maximum Gasteiger partial charge on any atom is 0.417 e. The predicted octanol–water partition coefficient (Wildman–Crippen LogP) is 3.99. The van der Waals surface area contributed by atoms with Gasteiger partial charge in [-0.15, -0.1) is 0 Å². The number of nitrogens with zero attached hydrogens (tertiary/aromatic N) is 3. The van der Waals surface area contributed by atoms with Crippen LogP contribution in [0.15, 0.2) is 42.5 Å². The summed E-state index contributed by atoms with van der Waals surface area (Å²) in [6, 6.07) is 12.2. The van der Waals surface area contributed by atoms with E-state index in [1.54, 1.807) is 30.3 Å². The fraction of sp³-hybridized carbons (Fsp3) is 0.300. The van der Waals surface area contributed by atoms with Gasteiger partial charge in [-0.05, 0) is 30.3 Å². The number of rotatable bonds is 4. The Kier molecular flexibility index (Phi) is 6.30. The van der Waals surface area contributed by atoms with E-state index in [0.29, 0.717) is 42.6 Å². The molecule has 5 nitrogen and oxygen atoms in total. The molecule has 29 heavy (non-hydrogen) atoms. The average molecular weight is 423 g/mol. The second-order valence-corrected chi connectivity index (χ2v) is 7.04. The molecule has 2 aromatic rings. The van der Waals surface area contributed by atoms with Gasteiger partial charge in [0.1, 0.15) is 0 Å². The Balaban J connectivity index is 1.59. The zero-order valence-electron chi connectivity index (χ0n) is 15.3. The normalized spacial score (nSPS) is 15.1. The van der Waals surface area contributed by atoms with Gasteiger partial charge in [0.2, 0.25) is 5.91 Å². The first-order valence-electron chi connectivity index (χ1n) is 8.91. The molecule has 1 aliphatic rings. The molecule has 0 atom stereocenters. The smallest absolute Gasteiger partial charge is 0.369 e. The summed E-state index contributed by atoms with van der Waals surface area (Å²) in [4.78, 5) is 16.0. The molecule has 0 saturated carbocycles. The number of halogens is 4. The lowest BCUT2D eigenvalue weighted by Gasteiger charge is -2.36. The minimum absolute atomic E-state index is 0.167. The molecule has 0 unspecified atom stereocenters. The Hall–Kier alpha value is -2.76. The van der Waals surface area contributed by atoms with E-state index in [9.17, 15) is 18.0 Å². The van der Waals surface area contributed by atoms with Gasteiger partial charge in [0.25, 0.3) is 0 Å². The second kappa shape index (κ2) is 8.72. The number of piperazine rings is 1. The summed E-state index contributed by atoms with van der Waals surface area (Å²) in [5.74, 6) is -0.204. The number of alkyl halides is 3. The Labute approximate surface area is 171 Å². The number of carbonyl (C=O) groups is 1. The van der Waals surface area contributed by atoms with Gasteiger partial charge in [0.05, 0.1) is 34.5 Å². The summed E-state index contributed by atoms with van der Waals surface area (Å²) in [5.41, 5.74) is -0.373. The third kappa shape index (κ3) is 5.19. The molecule has 2 aromatic carbocycles. The van der Waals surface area contributed by atoms with E-state index in [-0.39, 0.29) is 12.5 Å². The van der Waals surface area contributed by atoms with Crippen molar-refractivity contribution in [2.75, 3.05) is 42.9 Å². The van der Waals surface area contributed by atoms with Crippen molar-refractivity contribution in [3.63, 3.8) is 0 Å². The van der Waals surface area contributed by atoms with Crippen molar-refractivity contribution in [3.05, 3.63) is 58.6 Å². The highest BCUT2D eigenvalue weighted by Gasteiger charge is 2.34. The fourth-order valence-electron chi connectivity index (χ4n) is 3.18. The molecule has 152 valence electrons. The molecule has 1 amide bonds. The lowest BCUT2D eigenvalue weighted by Crippen LogP contribution is -2.48. The molecule has 0 bridgehead atoms. The van der Waals surface area contributed by atoms with Gasteiger partial charge in [0.15, 0.2) is 0 Å². The molecular weight excluding hydrogens is 405 g/mol. The number of amides is 1. The van der Waals surface area contributed by atoms with Crippen LogP contribution in [0.25, 0.3) is 0 Å². The van der Waals surface area contributed by atoms with Crippen LogP contribution >= 0.6 is 11.6 Å². The topological polar surface area (TPSA) is 59.4 Å². The first kappa shape index (κ1) is 21.0. The average Bonchev–Trinajstić information content (AvgIpc) is 2.69. The molecule has 1 N–H and O–H groups in total. The highest BCUT2D eigenvalue weighted by Crippen LogP contribution is 2.34. The number of para-hydroxylation sites is 1. The van der Waals surface area contributed by atoms with Crippen LogP contribution in [0, 0.1) is 11.3 Å². The van der Waals surface area contributed by atoms with Gasteiger partial charge in [-0.2, -0.15) is 18.4 Å². The second-order valence-electron chi connectivity index (χ2n) is 6.63. The highest BCUT2D eigenvalue weighted by atomic mass is 35.5. The van der Waals surface area contributed by atoms with E-state index < -0.39 is 17.3 Å². The van der Waals surface area contributed by atoms with Gasteiger partial charge >= 0.3 is 6.18 Å². The number of carbonyl (C=O) groups excluding carboxylic acids is 1. The summed E-state index contributed by atoms with van der Waals surface area (Å²) in [5, 5.41) is 12.1. The summed E-state index contributed by atoms with van der Waals surface area (Å²) in [7, 11) is 0. The summed E-state index contributed by atoms with van der Waals surface area (Å²) < 4.78 is 39.5. The SMILES string of the molecule is N#Cc1ccc(N2CCN(CC(=O)Nc3ccccc3Cl)CC2)cc1C(F)(F)F. The van der Waals surface area contributed by atoms with Crippen LogP contribution < -0.4 is 10.2 Å². The quantitative estimate of drug-likeness (QED) is 0.809. The van der Waals surface area contributed by atoms with E-state index in [1.807, 2.05) is 9.80 Å². The first-order valence-corrected chi connectivity index (χ1v) is 9.29. The Morgan fingerprint density at radius 1 is 1.14 bits per heavy atom. The standard InChI is InChI=1S/C20H18ClF3N4O/c21-17-3-1-2-4-18(17)26-19(29)13-27-7-9-28(10-8-27)15-6-5-14(12-25)16(11-15)20(22,23)24/h1-6,11H,7-10,13H2,(H,26,29).